The van der Waals surface area contributed by atoms with Crippen LogP contribution in [0.1, 0.15) is 44.1 Å². The third-order valence-electron chi connectivity index (χ3n) is 5.12. The maximum atomic E-state index is 10.5. The monoisotopic (exact) mass is 394 g/mol. The predicted octanol–water partition coefficient (Wildman–Crippen LogP) is 3.16. The third kappa shape index (κ3) is 7.58. The molecule has 1 heterocycles. The molecular formula is C21H30O5S. The molecule has 1 aliphatic rings. The number of aliphatic hydroxyl groups is 3. The van der Waals surface area contributed by atoms with Gasteiger partial charge in [-0.05, 0) is 60.4 Å². The zero-order chi connectivity index (χ0) is 19.6. The van der Waals surface area contributed by atoms with Gasteiger partial charge in [0.15, 0.2) is 0 Å². The van der Waals surface area contributed by atoms with Crippen LogP contribution >= 0.6 is 11.3 Å². The summed E-state index contributed by atoms with van der Waals surface area (Å²) < 4.78 is 0. The number of unbranched alkanes of at least 4 members (excludes halogenated alkanes) is 1. The molecule has 0 saturated heterocycles. The number of hydrogen-bond acceptors (Lipinski definition) is 5. The molecule has 1 fully saturated rings. The summed E-state index contributed by atoms with van der Waals surface area (Å²) in [5.74, 6) is -1.06. The summed E-state index contributed by atoms with van der Waals surface area (Å²) >= 11 is 1.64. The van der Waals surface area contributed by atoms with Crippen LogP contribution in [0.5, 0.6) is 0 Å². The zero-order valence-corrected chi connectivity index (χ0v) is 16.3. The van der Waals surface area contributed by atoms with E-state index in [0.717, 1.165) is 6.42 Å². The second kappa shape index (κ2) is 11.4. The van der Waals surface area contributed by atoms with Crippen molar-refractivity contribution in [1.29, 1.82) is 0 Å². The van der Waals surface area contributed by atoms with E-state index in [1.165, 1.54) is 5.56 Å². The number of carbonyl (C=O) groups is 1. The van der Waals surface area contributed by atoms with Crippen molar-refractivity contribution in [2.45, 2.75) is 63.3 Å². The number of aliphatic hydroxyl groups excluding tert-OH is 3. The topological polar surface area (TPSA) is 98.0 Å². The molecule has 0 aliphatic heterocycles. The van der Waals surface area contributed by atoms with E-state index in [9.17, 15) is 20.1 Å². The Bertz CT molecular complexity index is 610. The maximum absolute atomic E-state index is 10.5. The van der Waals surface area contributed by atoms with Crippen molar-refractivity contribution in [3.8, 4) is 0 Å². The molecule has 0 bridgehead atoms. The van der Waals surface area contributed by atoms with Crippen molar-refractivity contribution in [3.05, 3.63) is 46.7 Å². The van der Waals surface area contributed by atoms with Crippen molar-refractivity contribution in [1.82, 2.24) is 0 Å². The Labute approximate surface area is 164 Å². The van der Waals surface area contributed by atoms with Gasteiger partial charge in [-0.15, -0.1) is 0 Å². The molecule has 5 atom stereocenters. The third-order valence-corrected chi connectivity index (χ3v) is 5.85. The minimum absolute atomic E-state index is 0.0870. The first kappa shape index (κ1) is 21.8. The second-order valence-corrected chi connectivity index (χ2v) is 8.01. The Morgan fingerprint density at radius 1 is 1.30 bits per heavy atom. The van der Waals surface area contributed by atoms with Crippen LogP contribution in [-0.2, 0) is 11.2 Å². The molecule has 0 unspecified atom stereocenters. The van der Waals surface area contributed by atoms with Crippen LogP contribution in [-0.4, -0.2) is 44.7 Å². The maximum Gasteiger partial charge on any atom is 0.303 e. The molecule has 1 aromatic rings. The molecular weight excluding hydrogens is 364 g/mol. The van der Waals surface area contributed by atoms with E-state index in [0.29, 0.717) is 32.1 Å². The molecule has 5 nitrogen and oxygen atoms in total. The first-order valence-electron chi connectivity index (χ1n) is 9.57. The SMILES string of the molecule is O=C(O)CCCC=CC[C@@H]1[C@@H](C=C[C@@H](O)CCc2ccsc2)[C@H](O)C[C@@H]1O. The molecule has 150 valence electrons. The number of carboxylic acids is 1. The minimum atomic E-state index is -0.791. The van der Waals surface area contributed by atoms with E-state index in [1.807, 2.05) is 23.6 Å². The van der Waals surface area contributed by atoms with Gasteiger partial charge in [0.2, 0.25) is 0 Å². The zero-order valence-electron chi connectivity index (χ0n) is 15.5. The van der Waals surface area contributed by atoms with Crippen molar-refractivity contribution in [3.63, 3.8) is 0 Å². The van der Waals surface area contributed by atoms with E-state index in [1.54, 1.807) is 17.4 Å². The van der Waals surface area contributed by atoms with E-state index in [4.69, 9.17) is 5.11 Å². The van der Waals surface area contributed by atoms with Crippen LogP contribution in [0.2, 0.25) is 0 Å². The fourth-order valence-corrected chi connectivity index (χ4v) is 4.25. The molecule has 0 radical (unpaired) electrons. The highest BCUT2D eigenvalue weighted by atomic mass is 32.1. The molecule has 27 heavy (non-hydrogen) atoms. The first-order valence-corrected chi connectivity index (χ1v) is 10.5. The minimum Gasteiger partial charge on any atom is -0.481 e. The van der Waals surface area contributed by atoms with Crippen LogP contribution in [0.25, 0.3) is 0 Å². The molecule has 0 aromatic carbocycles. The molecule has 4 N–H and O–H groups in total. The Morgan fingerprint density at radius 2 is 2.11 bits per heavy atom. The van der Waals surface area contributed by atoms with E-state index < -0.39 is 24.3 Å². The van der Waals surface area contributed by atoms with E-state index in [2.05, 4.69) is 11.4 Å². The standard InChI is InChI=1S/C21H30O5S/c22-16(8-7-15-11-12-27-14-15)9-10-18-17(19(23)13-20(18)24)5-3-1-2-4-6-21(25)26/h1,3,9-12,14,16-20,22-24H,2,4-8,13H2,(H,25,26)/t16-,17+,18+,19-,20+/m0/s1. The van der Waals surface area contributed by atoms with Crippen LogP contribution in [0.4, 0.5) is 0 Å². The predicted molar refractivity (Wildman–Crippen MR) is 107 cm³/mol. The lowest BCUT2D eigenvalue weighted by Gasteiger charge is -2.19. The van der Waals surface area contributed by atoms with Crippen molar-refractivity contribution < 1.29 is 25.2 Å². The highest BCUT2D eigenvalue weighted by Gasteiger charge is 2.39. The van der Waals surface area contributed by atoms with Gasteiger partial charge in [-0.2, -0.15) is 11.3 Å². The fraction of sp³-hybridized carbons (Fsp3) is 0.571. The molecule has 1 aromatic heterocycles. The Kier molecular flexibility index (Phi) is 9.21. The normalized spacial score (nSPS) is 26.9. The molecule has 0 amide bonds. The summed E-state index contributed by atoms with van der Waals surface area (Å²) in [7, 11) is 0. The summed E-state index contributed by atoms with van der Waals surface area (Å²) in [6.45, 7) is 0. The number of hydrogen-bond donors (Lipinski definition) is 4. The average Bonchev–Trinajstić information content (AvgIpc) is 3.22. The van der Waals surface area contributed by atoms with Crippen LogP contribution in [0.15, 0.2) is 41.1 Å². The van der Waals surface area contributed by atoms with Gasteiger partial charge in [0.1, 0.15) is 0 Å². The van der Waals surface area contributed by atoms with Gasteiger partial charge in [0, 0.05) is 18.8 Å². The number of thiophene rings is 1. The first-order chi connectivity index (χ1) is 13.0. The number of rotatable bonds is 11. The van der Waals surface area contributed by atoms with Gasteiger partial charge in [0.05, 0.1) is 18.3 Å². The van der Waals surface area contributed by atoms with E-state index in [-0.39, 0.29) is 18.3 Å². The summed E-state index contributed by atoms with van der Waals surface area (Å²) in [4.78, 5) is 10.5. The van der Waals surface area contributed by atoms with E-state index >= 15 is 0 Å². The van der Waals surface area contributed by atoms with Crippen molar-refractivity contribution in [2.24, 2.45) is 11.8 Å². The van der Waals surface area contributed by atoms with Crippen molar-refractivity contribution >= 4 is 17.3 Å². The van der Waals surface area contributed by atoms with Crippen molar-refractivity contribution in [2.75, 3.05) is 0 Å². The lowest BCUT2D eigenvalue weighted by molar-refractivity contribution is -0.137. The highest BCUT2D eigenvalue weighted by molar-refractivity contribution is 7.07. The summed E-state index contributed by atoms with van der Waals surface area (Å²) in [5, 5.41) is 43.4. The highest BCUT2D eigenvalue weighted by Crippen LogP contribution is 2.36. The fourth-order valence-electron chi connectivity index (χ4n) is 3.55. The molecule has 0 spiro atoms. The number of aryl methyl sites for hydroxylation is 1. The quantitative estimate of drug-likeness (QED) is 0.341. The largest absolute Gasteiger partial charge is 0.481 e. The van der Waals surface area contributed by atoms with Crippen LogP contribution in [0.3, 0.4) is 0 Å². The Balaban J connectivity index is 1.81. The molecule has 2 rings (SSSR count). The molecule has 6 heteroatoms. The Hall–Kier alpha value is -1.47. The summed E-state index contributed by atoms with van der Waals surface area (Å²) in [6, 6.07) is 2.05. The van der Waals surface area contributed by atoms with Gasteiger partial charge in [-0.25, -0.2) is 0 Å². The average molecular weight is 395 g/mol. The summed E-state index contributed by atoms with van der Waals surface area (Å²) in [6.07, 6.45) is 9.62. The van der Waals surface area contributed by atoms with Gasteiger partial charge in [-0.1, -0.05) is 24.3 Å². The van der Waals surface area contributed by atoms with Gasteiger partial charge in [0.25, 0.3) is 0 Å². The Morgan fingerprint density at radius 3 is 2.81 bits per heavy atom. The number of aliphatic carboxylic acids is 1. The van der Waals surface area contributed by atoms with Gasteiger partial charge < -0.3 is 20.4 Å². The smallest absolute Gasteiger partial charge is 0.303 e. The molecule has 1 aliphatic carbocycles. The van der Waals surface area contributed by atoms with Gasteiger partial charge in [-0.3, -0.25) is 4.79 Å². The summed E-state index contributed by atoms with van der Waals surface area (Å²) in [5.41, 5.74) is 1.22. The second-order valence-electron chi connectivity index (χ2n) is 7.23. The lowest BCUT2D eigenvalue weighted by atomic mass is 9.89. The van der Waals surface area contributed by atoms with Crippen LogP contribution in [0, 0.1) is 11.8 Å². The number of carboxylic acid groups (broad SMARTS) is 1. The molecule has 1 saturated carbocycles. The number of allylic oxidation sites excluding steroid dienone is 2. The van der Waals surface area contributed by atoms with Crippen LogP contribution < -0.4 is 0 Å². The lowest BCUT2D eigenvalue weighted by Crippen LogP contribution is -2.20. The van der Waals surface area contributed by atoms with Gasteiger partial charge >= 0.3 is 5.97 Å².